The van der Waals surface area contributed by atoms with Crippen molar-refractivity contribution < 1.29 is 0 Å². The fraction of sp³-hybridized carbons (Fsp3) is 0.158. The number of hydrogen-bond acceptors (Lipinski definition) is 0. The van der Waals surface area contributed by atoms with E-state index in [-0.39, 0.29) is 0 Å². The summed E-state index contributed by atoms with van der Waals surface area (Å²) in [5.74, 6) is 0. The van der Waals surface area contributed by atoms with E-state index in [0.717, 1.165) is 5.57 Å². The van der Waals surface area contributed by atoms with Gasteiger partial charge in [0.2, 0.25) is 0 Å². The molecule has 0 atom stereocenters. The van der Waals surface area contributed by atoms with Crippen LogP contribution in [-0.4, -0.2) is 0 Å². The molecule has 0 amide bonds. The van der Waals surface area contributed by atoms with Crippen LogP contribution < -0.4 is 0 Å². The van der Waals surface area contributed by atoms with Gasteiger partial charge in [0, 0.05) is 0 Å². The highest BCUT2D eigenvalue weighted by Crippen LogP contribution is 2.45. The Hall–Kier alpha value is -2.08. The summed E-state index contributed by atoms with van der Waals surface area (Å²) in [7, 11) is 0. The summed E-state index contributed by atoms with van der Waals surface area (Å²) in [6.07, 6.45) is 1.94. The van der Waals surface area contributed by atoms with Crippen LogP contribution in [0.3, 0.4) is 0 Å². The summed E-state index contributed by atoms with van der Waals surface area (Å²) in [6, 6.07) is 12.8. The molecule has 0 heteroatoms. The van der Waals surface area contributed by atoms with E-state index in [0.29, 0.717) is 0 Å². The topological polar surface area (TPSA) is 0 Å². The molecule has 3 rings (SSSR count). The molecular formula is C19H20. The predicted octanol–water partition coefficient (Wildman–Crippen LogP) is 5.71. The van der Waals surface area contributed by atoms with Gasteiger partial charge in [-0.3, -0.25) is 0 Å². The monoisotopic (exact) mass is 248 g/mol. The zero-order chi connectivity index (χ0) is 14.0. The molecule has 0 heterocycles. The first kappa shape index (κ1) is 13.4. The molecule has 0 saturated carbocycles. The Kier molecular flexibility index (Phi) is 3.71. The maximum absolute atomic E-state index is 4.24. The molecule has 0 saturated heterocycles. The van der Waals surface area contributed by atoms with E-state index in [9.17, 15) is 0 Å². The van der Waals surface area contributed by atoms with E-state index < -0.39 is 0 Å². The minimum Gasteiger partial charge on any atom is -0.0984 e. The predicted molar refractivity (Wildman–Crippen MR) is 86.2 cm³/mol. The summed E-state index contributed by atoms with van der Waals surface area (Å²) >= 11 is 0. The lowest BCUT2D eigenvalue weighted by Crippen LogP contribution is -1.89. The Morgan fingerprint density at radius 2 is 1.53 bits per heavy atom. The standard InChI is InChI=1S/C17H14.C2H6/c1-4-13-11(2)9-10-16-15-8-6-5-7-14(15)12(3)17(13)16;1-2/h4-10H,1,3H2,2H3;1-2H3. The van der Waals surface area contributed by atoms with Gasteiger partial charge in [-0.15, -0.1) is 0 Å². The van der Waals surface area contributed by atoms with E-state index >= 15 is 0 Å². The number of hydrogen-bond donors (Lipinski definition) is 0. The van der Waals surface area contributed by atoms with Crippen LogP contribution in [0, 0.1) is 6.92 Å². The van der Waals surface area contributed by atoms with Crippen molar-refractivity contribution in [2.24, 2.45) is 0 Å². The minimum atomic E-state index is 1.12. The Morgan fingerprint density at radius 1 is 0.895 bits per heavy atom. The summed E-state index contributed by atoms with van der Waals surface area (Å²) in [4.78, 5) is 0. The van der Waals surface area contributed by atoms with Crippen LogP contribution in [0.25, 0.3) is 22.8 Å². The number of benzene rings is 2. The van der Waals surface area contributed by atoms with Gasteiger partial charge in [-0.25, -0.2) is 0 Å². The van der Waals surface area contributed by atoms with Gasteiger partial charge < -0.3 is 0 Å². The Labute approximate surface area is 116 Å². The van der Waals surface area contributed by atoms with Gasteiger partial charge in [0.05, 0.1) is 0 Å². The summed E-state index contributed by atoms with van der Waals surface area (Å²) in [5, 5.41) is 0. The average molecular weight is 248 g/mol. The first-order valence-electron chi connectivity index (χ1n) is 6.79. The van der Waals surface area contributed by atoms with Crippen LogP contribution in [0.15, 0.2) is 49.6 Å². The highest BCUT2D eigenvalue weighted by molar-refractivity contribution is 6.03. The zero-order valence-electron chi connectivity index (χ0n) is 12.0. The molecule has 0 radical (unpaired) electrons. The van der Waals surface area contributed by atoms with Crippen molar-refractivity contribution in [1.82, 2.24) is 0 Å². The van der Waals surface area contributed by atoms with E-state index in [1.807, 2.05) is 19.9 Å². The molecule has 0 nitrogen and oxygen atoms in total. The van der Waals surface area contributed by atoms with Crippen molar-refractivity contribution in [2.45, 2.75) is 20.8 Å². The fourth-order valence-corrected chi connectivity index (χ4v) is 2.65. The normalized spacial score (nSPS) is 11.2. The number of aryl methyl sites for hydroxylation is 1. The third-order valence-electron chi connectivity index (χ3n) is 3.51. The van der Waals surface area contributed by atoms with Crippen LogP contribution in [0.5, 0.6) is 0 Å². The molecule has 96 valence electrons. The highest BCUT2D eigenvalue weighted by Gasteiger charge is 2.23. The maximum Gasteiger partial charge on any atom is -0.00299 e. The number of rotatable bonds is 1. The van der Waals surface area contributed by atoms with E-state index in [1.54, 1.807) is 0 Å². The summed E-state index contributed by atoms with van der Waals surface area (Å²) < 4.78 is 0. The van der Waals surface area contributed by atoms with Crippen LogP contribution in [-0.2, 0) is 0 Å². The molecule has 1 aliphatic rings. The lowest BCUT2D eigenvalue weighted by atomic mass is 9.95. The first-order chi connectivity index (χ1) is 9.24. The highest BCUT2D eigenvalue weighted by atomic mass is 14.3. The van der Waals surface area contributed by atoms with Crippen molar-refractivity contribution in [3.8, 4) is 11.1 Å². The molecular weight excluding hydrogens is 228 g/mol. The third kappa shape index (κ3) is 1.94. The molecule has 0 aliphatic heterocycles. The molecule has 0 unspecified atom stereocenters. The van der Waals surface area contributed by atoms with E-state index in [4.69, 9.17) is 0 Å². The van der Waals surface area contributed by atoms with Gasteiger partial charge in [-0.1, -0.05) is 69.5 Å². The second-order valence-electron chi connectivity index (χ2n) is 4.45. The number of fused-ring (bicyclic) bond motifs is 3. The maximum atomic E-state index is 4.24. The lowest BCUT2D eigenvalue weighted by molar-refractivity contribution is 1.43. The molecule has 1 aliphatic carbocycles. The Bertz CT molecular complexity index is 645. The SMILES string of the molecule is C=Cc1c(C)ccc2c1C(=C)c1ccccc1-2.CC. The van der Waals surface area contributed by atoms with Crippen LogP contribution in [0.2, 0.25) is 0 Å². The van der Waals surface area contributed by atoms with Gasteiger partial charge in [0.1, 0.15) is 0 Å². The third-order valence-corrected chi connectivity index (χ3v) is 3.51. The molecule has 0 N–H and O–H groups in total. The zero-order valence-corrected chi connectivity index (χ0v) is 12.0. The van der Waals surface area contributed by atoms with Crippen molar-refractivity contribution in [2.75, 3.05) is 0 Å². The molecule has 0 aromatic heterocycles. The van der Waals surface area contributed by atoms with Crippen LogP contribution in [0.4, 0.5) is 0 Å². The van der Waals surface area contributed by atoms with Crippen molar-refractivity contribution in [3.05, 3.63) is 71.8 Å². The second kappa shape index (κ2) is 5.27. The van der Waals surface area contributed by atoms with Gasteiger partial charge >= 0.3 is 0 Å². The van der Waals surface area contributed by atoms with Crippen LogP contribution in [0.1, 0.15) is 36.1 Å². The lowest BCUT2D eigenvalue weighted by Gasteiger charge is -2.08. The molecule has 2 aromatic rings. The molecule has 19 heavy (non-hydrogen) atoms. The summed E-state index contributed by atoms with van der Waals surface area (Å²) in [6.45, 7) is 14.3. The average Bonchev–Trinajstić information content (AvgIpc) is 2.75. The van der Waals surface area contributed by atoms with Gasteiger partial charge in [-0.2, -0.15) is 0 Å². The quantitative estimate of drug-likeness (QED) is 0.517. The smallest absolute Gasteiger partial charge is 0.00299 e. The largest absolute Gasteiger partial charge is 0.0984 e. The van der Waals surface area contributed by atoms with Crippen molar-refractivity contribution in [3.63, 3.8) is 0 Å². The van der Waals surface area contributed by atoms with Crippen molar-refractivity contribution in [1.29, 1.82) is 0 Å². The Morgan fingerprint density at radius 3 is 2.16 bits per heavy atom. The van der Waals surface area contributed by atoms with Gasteiger partial charge in [0.25, 0.3) is 0 Å². The molecule has 0 fully saturated rings. The molecule has 2 aromatic carbocycles. The first-order valence-corrected chi connectivity index (χ1v) is 6.79. The minimum absolute atomic E-state index is 1.12. The van der Waals surface area contributed by atoms with Gasteiger partial charge in [0.15, 0.2) is 0 Å². The second-order valence-corrected chi connectivity index (χ2v) is 4.45. The molecule has 0 bridgehead atoms. The van der Waals surface area contributed by atoms with Crippen LogP contribution >= 0.6 is 0 Å². The van der Waals surface area contributed by atoms with E-state index in [1.165, 1.54) is 33.4 Å². The van der Waals surface area contributed by atoms with Crippen molar-refractivity contribution >= 4 is 11.6 Å². The summed E-state index contributed by atoms with van der Waals surface area (Å²) in [5.41, 5.74) is 8.66. The van der Waals surface area contributed by atoms with E-state index in [2.05, 4.69) is 56.5 Å². The molecule has 0 spiro atoms. The van der Waals surface area contributed by atoms with Gasteiger partial charge in [-0.05, 0) is 45.9 Å². The Balaban J connectivity index is 0.000000637. The fourth-order valence-electron chi connectivity index (χ4n) is 2.65.